The fourth-order valence-corrected chi connectivity index (χ4v) is 6.11. The molecule has 2 fully saturated rings. The second kappa shape index (κ2) is 6.77. The zero-order valence-electron chi connectivity index (χ0n) is 16.4. The van der Waals surface area contributed by atoms with E-state index >= 15 is 0 Å². The van der Waals surface area contributed by atoms with Crippen molar-refractivity contribution in [2.24, 2.45) is 12.5 Å². The molecule has 4 rings (SSSR count). The topological polar surface area (TPSA) is 97.6 Å². The van der Waals surface area contributed by atoms with Gasteiger partial charge in [-0.1, -0.05) is 0 Å². The van der Waals surface area contributed by atoms with Gasteiger partial charge in [0.05, 0.1) is 7.11 Å². The summed E-state index contributed by atoms with van der Waals surface area (Å²) in [6, 6.07) is 3.42. The number of likely N-dealkylation sites (tertiary alicyclic amines) is 1. The minimum Gasteiger partial charge on any atom is -0.495 e. The van der Waals surface area contributed by atoms with Crippen molar-refractivity contribution in [3.8, 4) is 5.75 Å². The first-order valence-corrected chi connectivity index (χ1v) is 10.5. The summed E-state index contributed by atoms with van der Waals surface area (Å²) >= 11 is 0. The van der Waals surface area contributed by atoms with Crippen molar-refractivity contribution in [2.75, 3.05) is 33.3 Å². The van der Waals surface area contributed by atoms with Crippen LogP contribution in [-0.4, -0.2) is 71.6 Å². The first-order valence-electron chi connectivity index (χ1n) is 9.11. The second-order valence-electron chi connectivity index (χ2n) is 7.68. The zero-order valence-corrected chi connectivity index (χ0v) is 17.2. The number of aromatic nitrogens is 3. The summed E-state index contributed by atoms with van der Waals surface area (Å²) in [5.41, 5.74) is -0.458. The van der Waals surface area contributed by atoms with Crippen molar-refractivity contribution in [2.45, 2.75) is 17.7 Å². The molecule has 0 bridgehead atoms. The van der Waals surface area contributed by atoms with Crippen molar-refractivity contribution < 1.29 is 22.3 Å². The van der Waals surface area contributed by atoms with Crippen molar-refractivity contribution in [3.05, 3.63) is 36.2 Å². The molecule has 9 nitrogen and oxygen atoms in total. The third-order valence-electron chi connectivity index (χ3n) is 5.88. The quantitative estimate of drug-likeness (QED) is 0.714. The average molecular weight is 423 g/mol. The van der Waals surface area contributed by atoms with Gasteiger partial charge in [0.15, 0.2) is 0 Å². The SMILES string of the molecule is COc1ccc(F)cc1S(=O)(=O)N1CC2(CN(C(C)=O)CC2c2nncn2C)C1. The number of amides is 1. The highest BCUT2D eigenvalue weighted by Crippen LogP contribution is 2.50. The van der Waals surface area contributed by atoms with Crippen LogP contribution in [0.15, 0.2) is 29.4 Å². The molecular weight excluding hydrogens is 401 g/mol. The molecule has 11 heteroatoms. The summed E-state index contributed by atoms with van der Waals surface area (Å²) in [5, 5.41) is 8.12. The molecule has 2 aliphatic rings. The highest BCUT2D eigenvalue weighted by molar-refractivity contribution is 7.89. The maximum Gasteiger partial charge on any atom is 0.246 e. The fraction of sp³-hybridized carbons (Fsp3) is 0.500. The van der Waals surface area contributed by atoms with E-state index in [2.05, 4.69) is 10.2 Å². The summed E-state index contributed by atoms with van der Waals surface area (Å²) in [5.74, 6) is -0.0507. The number of methoxy groups -OCH3 is 1. The molecule has 1 amide bonds. The van der Waals surface area contributed by atoms with Gasteiger partial charge in [0.25, 0.3) is 0 Å². The Morgan fingerprint density at radius 2 is 2.03 bits per heavy atom. The predicted molar refractivity (Wildman–Crippen MR) is 100 cm³/mol. The monoisotopic (exact) mass is 423 g/mol. The lowest BCUT2D eigenvalue weighted by Crippen LogP contribution is -2.61. The summed E-state index contributed by atoms with van der Waals surface area (Å²) in [6.45, 7) is 2.80. The van der Waals surface area contributed by atoms with Gasteiger partial charge in [0, 0.05) is 51.5 Å². The fourth-order valence-electron chi connectivity index (χ4n) is 4.31. The van der Waals surface area contributed by atoms with Gasteiger partial charge in [-0.15, -0.1) is 10.2 Å². The minimum absolute atomic E-state index is 0.0675. The average Bonchev–Trinajstić information content (AvgIpc) is 3.23. The molecule has 29 heavy (non-hydrogen) atoms. The number of halogens is 1. The zero-order chi connectivity index (χ0) is 21.0. The van der Waals surface area contributed by atoms with E-state index in [1.807, 2.05) is 7.05 Å². The Bertz CT molecular complexity index is 1060. The molecule has 0 saturated carbocycles. The highest BCUT2D eigenvalue weighted by Gasteiger charge is 2.59. The number of sulfonamides is 1. The van der Waals surface area contributed by atoms with Crippen LogP contribution in [0.4, 0.5) is 4.39 Å². The van der Waals surface area contributed by atoms with Gasteiger partial charge < -0.3 is 14.2 Å². The summed E-state index contributed by atoms with van der Waals surface area (Å²) in [6.07, 6.45) is 1.59. The van der Waals surface area contributed by atoms with E-state index in [1.165, 1.54) is 24.4 Å². The van der Waals surface area contributed by atoms with Crippen LogP contribution in [0.1, 0.15) is 18.7 Å². The smallest absolute Gasteiger partial charge is 0.246 e. The van der Waals surface area contributed by atoms with E-state index in [0.717, 1.165) is 12.1 Å². The standard InChI is InChI=1S/C18H22FN5O4S/c1-12(25)23-7-14(17-21-20-11-22(17)2)18(8-23)9-24(10-18)29(26,27)16-6-13(19)4-5-15(16)28-3/h4-6,11,14H,7-10H2,1-3H3. The molecule has 2 aliphatic heterocycles. The first kappa shape index (κ1) is 19.8. The number of hydrogen-bond donors (Lipinski definition) is 0. The first-order chi connectivity index (χ1) is 13.7. The number of benzene rings is 1. The van der Waals surface area contributed by atoms with Gasteiger partial charge >= 0.3 is 0 Å². The molecule has 1 atom stereocenters. The van der Waals surface area contributed by atoms with Crippen molar-refractivity contribution in [3.63, 3.8) is 0 Å². The summed E-state index contributed by atoms with van der Waals surface area (Å²) in [7, 11) is -0.782. The molecule has 1 unspecified atom stereocenters. The maximum atomic E-state index is 13.7. The largest absolute Gasteiger partial charge is 0.495 e. The Hall–Kier alpha value is -2.53. The Balaban J connectivity index is 1.65. The molecule has 1 spiro atoms. The van der Waals surface area contributed by atoms with Gasteiger partial charge in [-0.2, -0.15) is 4.31 Å². The van der Waals surface area contributed by atoms with Gasteiger partial charge in [-0.05, 0) is 18.2 Å². The van der Waals surface area contributed by atoms with Gasteiger partial charge in [-0.3, -0.25) is 4.79 Å². The Morgan fingerprint density at radius 3 is 2.62 bits per heavy atom. The van der Waals surface area contributed by atoms with E-state index in [0.29, 0.717) is 18.9 Å². The third kappa shape index (κ3) is 3.08. The Morgan fingerprint density at radius 1 is 1.31 bits per heavy atom. The second-order valence-corrected chi connectivity index (χ2v) is 9.59. The molecule has 0 aliphatic carbocycles. The number of rotatable bonds is 4. The van der Waals surface area contributed by atoms with E-state index in [9.17, 15) is 17.6 Å². The van der Waals surface area contributed by atoms with Crippen LogP contribution in [0.2, 0.25) is 0 Å². The maximum absolute atomic E-state index is 13.7. The van der Waals surface area contributed by atoms with Crippen LogP contribution in [0.3, 0.4) is 0 Å². The normalized spacial score (nSPS) is 21.4. The van der Waals surface area contributed by atoms with Crippen LogP contribution < -0.4 is 4.74 Å². The number of aryl methyl sites for hydroxylation is 1. The lowest BCUT2D eigenvalue weighted by atomic mass is 9.72. The summed E-state index contributed by atoms with van der Waals surface area (Å²) < 4.78 is 48.2. The van der Waals surface area contributed by atoms with Gasteiger partial charge in [0.2, 0.25) is 15.9 Å². The van der Waals surface area contributed by atoms with E-state index in [-0.39, 0.29) is 35.6 Å². The lowest BCUT2D eigenvalue weighted by molar-refractivity contribution is -0.128. The van der Waals surface area contributed by atoms with Crippen LogP contribution in [0, 0.1) is 11.2 Å². The minimum atomic E-state index is -3.95. The lowest BCUT2D eigenvalue weighted by Gasteiger charge is -2.49. The van der Waals surface area contributed by atoms with Crippen molar-refractivity contribution in [1.82, 2.24) is 24.0 Å². The number of ether oxygens (including phenoxy) is 1. The molecule has 0 radical (unpaired) electrons. The van der Waals surface area contributed by atoms with Gasteiger partial charge in [0.1, 0.15) is 28.6 Å². The van der Waals surface area contributed by atoms with Crippen molar-refractivity contribution in [1.29, 1.82) is 0 Å². The third-order valence-corrected chi connectivity index (χ3v) is 7.69. The molecular formula is C18H22FN5O4S. The van der Waals surface area contributed by atoms with Gasteiger partial charge in [-0.25, -0.2) is 12.8 Å². The molecule has 1 aromatic carbocycles. The van der Waals surface area contributed by atoms with Crippen LogP contribution in [-0.2, 0) is 21.9 Å². The number of carbonyl (C=O) groups excluding carboxylic acids is 1. The Labute approximate surface area is 168 Å². The molecule has 0 N–H and O–H groups in total. The number of carbonyl (C=O) groups is 1. The van der Waals surface area contributed by atoms with Crippen LogP contribution in [0.5, 0.6) is 5.75 Å². The van der Waals surface area contributed by atoms with E-state index in [4.69, 9.17) is 4.74 Å². The highest BCUT2D eigenvalue weighted by atomic mass is 32.2. The van der Waals surface area contributed by atoms with Crippen LogP contribution in [0.25, 0.3) is 0 Å². The summed E-state index contributed by atoms with van der Waals surface area (Å²) in [4.78, 5) is 13.5. The van der Waals surface area contributed by atoms with Crippen molar-refractivity contribution >= 4 is 15.9 Å². The number of hydrogen-bond acceptors (Lipinski definition) is 6. The molecule has 156 valence electrons. The van der Waals surface area contributed by atoms with E-state index < -0.39 is 21.3 Å². The predicted octanol–water partition coefficient (Wildman–Crippen LogP) is 0.599. The molecule has 1 aromatic heterocycles. The Kier molecular flexibility index (Phi) is 4.61. The molecule has 3 heterocycles. The number of nitrogens with zero attached hydrogens (tertiary/aromatic N) is 5. The molecule has 2 saturated heterocycles. The molecule has 2 aromatic rings. The van der Waals surface area contributed by atoms with E-state index in [1.54, 1.807) is 15.8 Å². The van der Waals surface area contributed by atoms with Crippen LogP contribution >= 0.6 is 0 Å².